The van der Waals surface area contributed by atoms with Crippen molar-refractivity contribution in [3.05, 3.63) is 95.4 Å². The molecule has 1 atom stereocenters. The summed E-state index contributed by atoms with van der Waals surface area (Å²) in [7, 11) is 0. The zero-order valence-corrected chi connectivity index (χ0v) is 41.6. The molecular weight excluding hydrogens is 977 g/mol. The number of halogens is 2. The van der Waals surface area contributed by atoms with Gasteiger partial charge in [-0.1, -0.05) is 12.1 Å². The van der Waals surface area contributed by atoms with Crippen molar-refractivity contribution in [2.75, 3.05) is 117 Å². The van der Waals surface area contributed by atoms with Crippen LogP contribution in [0, 0.1) is 11.6 Å². The zero-order valence-electron chi connectivity index (χ0n) is 41.6. The standard InChI is InChI=1S/C53H61F2N9O11/c54-43-28-35(29-44(55)42(43)34-61-14-18-72-19-15-61)39-2-1-3-45-50(39)59-46(32-57-45)36-31-58-63(33-36)38-8-12-62(13-9-38)49(66)10-16-70-20-22-73-24-26-75-27-25-74-23-21-71-17-11-56-37-4-5-40-41(30-37)53(69)64(52(40)68)47-6-7-48(65)60-51(47)67/h1-5,28-33,38,47,56H,6-27,34H2,(H,60,65,67). The van der Waals surface area contributed by atoms with Crippen LogP contribution in [0.5, 0.6) is 0 Å². The summed E-state index contributed by atoms with van der Waals surface area (Å²) in [6.07, 6.45) is 7.27. The first kappa shape index (κ1) is 53.2. The Labute approximate surface area is 431 Å². The second-order valence-electron chi connectivity index (χ2n) is 18.5. The topological polar surface area (TPSA) is 218 Å². The van der Waals surface area contributed by atoms with Crippen LogP contribution in [0.25, 0.3) is 33.4 Å². The summed E-state index contributed by atoms with van der Waals surface area (Å²) < 4.78 is 66.1. The minimum atomic E-state index is -1.01. The molecule has 75 heavy (non-hydrogen) atoms. The molecular formula is C53H61F2N9O11. The maximum atomic E-state index is 15.4. The fraction of sp³-hybridized carbons (Fsp3) is 0.472. The highest BCUT2D eigenvalue weighted by Gasteiger charge is 2.44. The summed E-state index contributed by atoms with van der Waals surface area (Å²) in [4.78, 5) is 77.0. The van der Waals surface area contributed by atoms with E-state index in [9.17, 15) is 24.0 Å². The number of hydrogen-bond donors (Lipinski definition) is 2. The average Bonchev–Trinajstić information content (AvgIpc) is 4.02. The fourth-order valence-electron chi connectivity index (χ4n) is 9.50. The normalized spacial score (nSPS) is 17.5. The molecule has 0 bridgehead atoms. The smallest absolute Gasteiger partial charge is 0.262 e. The van der Waals surface area contributed by atoms with E-state index in [0.29, 0.717) is 146 Å². The number of anilines is 1. The number of aromatic nitrogens is 4. The number of likely N-dealkylation sites (tertiary alicyclic amines) is 1. The maximum Gasteiger partial charge on any atom is 0.262 e. The molecule has 22 heteroatoms. The predicted octanol–water partition coefficient (Wildman–Crippen LogP) is 4.42. The van der Waals surface area contributed by atoms with E-state index in [1.54, 1.807) is 42.7 Å². The van der Waals surface area contributed by atoms with Crippen molar-refractivity contribution >= 4 is 46.3 Å². The van der Waals surface area contributed by atoms with Gasteiger partial charge in [-0.05, 0) is 61.2 Å². The highest BCUT2D eigenvalue weighted by molar-refractivity contribution is 6.23. The number of piperidine rings is 2. The molecule has 3 aromatic carbocycles. The number of morpholine rings is 1. The Morgan fingerprint density at radius 1 is 0.733 bits per heavy atom. The Bertz CT molecular complexity index is 2810. The van der Waals surface area contributed by atoms with Crippen molar-refractivity contribution in [3.8, 4) is 22.4 Å². The quantitative estimate of drug-likeness (QED) is 0.0611. The Balaban J connectivity index is 0.588. The number of fused-ring (bicyclic) bond motifs is 2. The van der Waals surface area contributed by atoms with Crippen LogP contribution < -0.4 is 10.6 Å². The number of imide groups is 2. The van der Waals surface area contributed by atoms with Crippen LogP contribution in [0.3, 0.4) is 0 Å². The van der Waals surface area contributed by atoms with E-state index in [2.05, 4.69) is 20.7 Å². The number of nitrogens with one attached hydrogen (secondary N) is 2. The molecule has 6 heterocycles. The largest absolute Gasteiger partial charge is 0.383 e. The number of carbonyl (C=O) groups excluding carboxylic acids is 5. The summed E-state index contributed by atoms with van der Waals surface area (Å²) >= 11 is 0. The van der Waals surface area contributed by atoms with Crippen molar-refractivity contribution in [3.63, 3.8) is 0 Å². The monoisotopic (exact) mass is 1040 g/mol. The molecule has 398 valence electrons. The molecule has 4 aliphatic heterocycles. The van der Waals surface area contributed by atoms with Gasteiger partial charge in [0.2, 0.25) is 17.7 Å². The van der Waals surface area contributed by atoms with E-state index in [1.807, 2.05) is 26.7 Å². The van der Waals surface area contributed by atoms with Crippen molar-refractivity contribution in [1.29, 1.82) is 0 Å². The number of para-hydroxylation sites is 1. The number of rotatable bonds is 25. The summed E-state index contributed by atoms with van der Waals surface area (Å²) in [5.74, 6) is -3.34. The van der Waals surface area contributed by atoms with Crippen molar-refractivity contribution in [2.24, 2.45) is 0 Å². The number of amides is 5. The summed E-state index contributed by atoms with van der Waals surface area (Å²) in [5, 5.41) is 10.00. The van der Waals surface area contributed by atoms with Crippen LogP contribution in [0.1, 0.15) is 64.4 Å². The summed E-state index contributed by atoms with van der Waals surface area (Å²) in [5.41, 5.74) is 4.54. The predicted molar refractivity (Wildman–Crippen MR) is 267 cm³/mol. The fourth-order valence-corrected chi connectivity index (χ4v) is 9.50. The van der Waals surface area contributed by atoms with Crippen LogP contribution in [0.4, 0.5) is 14.5 Å². The Kier molecular flexibility index (Phi) is 18.2. The van der Waals surface area contributed by atoms with Crippen LogP contribution in [0.15, 0.2) is 67.1 Å². The lowest BCUT2D eigenvalue weighted by atomic mass is 10.0. The van der Waals surface area contributed by atoms with Gasteiger partial charge in [-0.25, -0.2) is 13.8 Å². The lowest BCUT2D eigenvalue weighted by Crippen LogP contribution is -2.54. The molecule has 0 saturated carbocycles. The lowest BCUT2D eigenvalue weighted by molar-refractivity contribution is -0.136. The number of hydrogen-bond acceptors (Lipinski definition) is 16. The molecule has 1 unspecified atom stereocenters. The first-order valence-electron chi connectivity index (χ1n) is 25.5. The van der Waals surface area contributed by atoms with E-state index in [1.165, 1.54) is 12.1 Å². The molecule has 0 radical (unpaired) electrons. The third-order valence-electron chi connectivity index (χ3n) is 13.6. The number of carbonyl (C=O) groups is 5. The number of ether oxygens (including phenoxy) is 6. The molecule has 0 aliphatic carbocycles. The van der Waals surface area contributed by atoms with Crippen molar-refractivity contribution in [2.45, 2.75) is 50.7 Å². The van der Waals surface area contributed by atoms with Gasteiger partial charge in [0, 0.05) is 74.3 Å². The van der Waals surface area contributed by atoms with Crippen LogP contribution in [0.2, 0.25) is 0 Å². The van der Waals surface area contributed by atoms with E-state index in [-0.39, 0.29) is 54.4 Å². The highest BCUT2D eigenvalue weighted by Crippen LogP contribution is 2.33. The van der Waals surface area contributed by atoms with Gasteiger partial charge < -0.3 is 38.6 Å². The first-order valence-corrected chi connectivity index (χ1v) is 25.5. The summed E-state index contributed by atoms with van der Waals surface area (Å²) in [6, 6.07) is 12.1. The zero-order chi connectivity index (χ0) is 52.1. The van der Waals surface area contributed by atoms with E-state index in [0.717, 1.165) is 23.3 Å². The molecule has 9 rings (SSSR count). The van der Waals surface area contributed by atoms with Gasteiger partial charge in [-0.15, -0.1) is 0 Å². The van der Waals surface area contributed by atoms with E-state index >= 15 is 8.78 Å². The molecule has 2 aromatic heterocycles. The van der Waals surface area contributed by atoms with Crippen molar-refractivity contribution < 1.29 is 61.2 Å². The van der Waals surface area contributed by atoms with Crippen LogP contribution in [-0.2, 0) is 49.3 Å². The van der Waals surface area contributed by atoms with Gasteiger partial charge in [0.25, 0.3) is 11.8 Å². The van der Waals surface area contributed by atoms with Gasteiger partial charge in [-0.3, -0.25) is 48.8 Å². The minimum absolute atomic E-state index is 0.0385. The van der Waals surface area contributed by atoms with Gasteiger partial charge in [0.05, 0.1) is 132 Å². The molecule has 3 fully saturated rings. The second-order valence-corrected chi connectivity index (χ2v) is 18.5. The Morgan fingerprint density at radius 3 is 2.09 bits per heavy atom. The molecule has 2 N–H and O–H groups in total. The molecule has 3 saturated heterocycles. The van der Waals surface area contributed by atoms with E-state index in [4.69, 9.17) is 33.4 Å². The maximum absolute atomic E-state index is 15.4. The van der Waals surface area contributed by atoms with Crippen LogP contribution >= 0.6 is 0 Å². The van der Waals surface area contributed by atoms with Gasteiger partial charge in [0.1, 0.15) is 17.7 Å². The molecule has 4 aliphatic rings. The third-order valence-corrected chi connectivity index (χ3v) is 13.6. The molecule has 5 amide bonds. The SMILES string of the molecule is O=C1CCC(N2C(=O)c3ccc(NCCOCCOCCOCCOCCOCCC(=O)N4CCC(n5cc(-c6cnc7cccc(-c8cc(F)c(CN9CCOCC9)c(F)c8)c7n6)cn5)CC4)cc3C2=O)C(=O)N1. The van der Waals surface area contributed by atoms with Gasteiger partial charge in [-0.2, -0.15) is 5.10 Å². The summed E-state index contributed by atoms with van der Waals surface area (Å²) in [6.45, 7) is 7.90. The Morgan fingerprint density at radius 2 is 1.40 bits per heavy atom. The lowest BCUT2D eigenvalue weighted by Gasteiger charge is -2.32. The van der Waals surface area contributed by atoms with Gasteiger partial charge >= 0.3 is 0 Å². The third kappa shape index (κ3) is 13.4. The molecule has 20 nitrogen and oxygen atoms in total. The minimum Gasteiger partial charge on any atom is -0.383 e. The molecule has 0 spiro atoms. The second kappa shape index (κ2) is 25.7. The first-order chi connectivity index (χ1) is 36.6. The number of nitrogens with zero attached hydrogens (tertiary/aromatic N) is 7. The number of benzene rings is 3. The van der Waals surface area contributed by atoms with Gasteiger partial charge in [0.15, 0.2) is 0 Å². The van der Waals surface area contributed by atoms with Crippen molar-refractivity contribution in [1.82, 2.24) is 39.8 Å². The molecule has 5 aromatic rings. The van der Waals surface area contributed by atoms with Crippen LogP contribution in [-0.4, -0.2) is 182 Å². The Hall–Kier alpha value is -6.66. The van der Waals surface area contributed by atoms with E-state index < -0.39 is 41.3 Å². The average molecular weight is 1040 g/mol. The highest BCUT2D eigenvalue weighted by atomic mass is 19.1.